The van der Waals surface area contributed by atoms with Crippen LogP contribution in [0.4, 0.5) is 5.95 Å². The van der Waals surface area contributed by atoms with Gasteiger partial charge in [0.15, 0.2) is 11.5 Å². The van der Waals surface area contributed by atoms with E-state index in [9.17, 15) is 10.1 Å². The fourth-order valence-electron chi connectivity index (χ4n) is 1.86. The Kier molecular flexibility index (Phi) is 2.12. The summed E-state index contributed by atoms with van der Waals surface area (Å²) in [4.78, 5) is 21.5. The highest BCUT2D eigenvalue weighted by molar-refractivity contribution is 5.78. The molecule has 18 heavy (non-hydrogen) atoms. The van der Waals surface area contributed by atoms with E-state index in [1.54, 1.807) is 7.05 Å². The molecule has 0 unspecified atom stereocenters. The molecule has 2 aromatic heterocycles. The van der Waals surface area contributed by atoms with Gasteiger partial charge >= 0.3 is 5.95 Å². The minimum absolute atomic E-state index is 0.203. The zero-order valence-electron chi connectivity index (χ0n) is 9.49. The van der Waals surface area contributed by atoms with E-state index in [0.717, 1.165) is 11.0 Å². The van der Waals surface area contributed by atoms with Crippen LogP contribution in [0.3, 0.4) is 0 Å². The highest BCUT2D eigenvalue weighted by atomic mass is 16.6. The molecule has 7 nitrogen and oxygen atoms in total. The van der Waals surface area contributed by atoms with E-state index in [1.807, 2.05) is 24.3 Å². The lowest BCUT2D eigenvalue weighted by molar-refractivity contribution is -0.396. The normalized spacial score (nSPS) is 10.9. The van der Waals surface area contributed by atoms with Crippen molar-refractivity contribution < 1.29 is 4.92 Å². The van der Waals surface area contributed by atoms with Gasteiger partial charge in [-0.2, -0.15) is 0 Å². The maximum atomic E-state index is 10.7. The Labute approximate surface area is 101 Å². The highest BCUT2D eigenvalue weighted by Gasteiger charge is 2.20. The van der Waals surface area contributed by atoms with Crippen molar-refractivity contribution >= 4 is 17.0 Å². The van der Waals surface area contributed by atoms with Crippen molar-refractivity contribution in [1.29, 1.82) is 0 Å². The van der Waals surface area contributed by atoms with E-state index in [0.29, 0.717) is 11.5 Å². The van der Waals surface area contributed by atoms with Gasteiger partial charge in [-0.25, -0.2) is 9.55 Å². The van der Waals surface area contributed by atoms with E-state index >= 15 is 0 Å². The zero-order valence-corrected chi connectivity index (χ0v) is 9.49. The van der Waals surface area contributed by atoms with Gasteiger partial charge in [-0.05, 0) is 17.1 Å². The average molecular weight is 243 g/mol. The molecule has 2 heterocycles. The minimum atomic E-state index is -0.522. The molecule has 0 fully saturated rings. The molecule has 1 N–H and O–H groups in total. The SMILES string of the molecule is Cn1c(-c2nc3ccccc3[nH]2)cnc1[N+](=O)[O-]. The zero-order chi connectivity index (χ0) is 12.7. The number of aromatic amines is 1. The molecule has 7 heteroatoms. The molecule has 0 aliphatic rings. The van der Waals surface area contributed by atoms with Crippen LogP contribution in [-0.2, 0) is 7.05 Å². The monoisotopic (exact) mass is 243 g/mol. The summed E-state index contributed by atoms with van der Waals surface area (Å²) in [6, 6.07) is 7.56. The second-order valence-corrected chi connectivity index (χ2v) is 3.86. The smallest absolute Gasteiger partial charge is 0.390 e. The maximum Gasteiger partial charge on any atom is 0.434 e. The number of nitrogens with one attached hydrogen (secondary N) is 1. The van der Waals surface area contributed by atoms with Crippen molar-refractivity contribution in [1.82, 2.24) is 19.5 Å². The number of benzene rings is 1. The fourth-order valence-corrected chi connectivity index (χ4v) is 1.86. The first kappa shape index (κ1) is 10.5. The summed E-state index contributed by atoms with van der Waals surface area (Å²) in [7, 11) is 1.59. The van der Waals surface area contributed by atoms with Crippen LogP contribution < -0.4 is 0 Å². The molecule has 0 spiro atoms. The summed E-state index contributed by atoms with van der Waals surface area (Å²) in [5, 5.41) is 10.7. The Bertz CT molecular complexity index is 710. The summed E-state index contributed by atoms with van der Waals surface area (Å²) in [6.45, 7) is 0. The van der Waals surface area contributed by atoms with Gasteiger partial charge in [-0.15, -0.1) is 0 Å². The molecular formula is C11H9N5O2. The third kappa shape index (κ3) is 1.45. The number of nitro groups is 1. The molecule has 0 amide bonds. The Hall–Kier alpha value is -2.70. The van der Waals surface area contributed by atoms with E-state index in [-0.39, 0.29) is 5.95 Å². The quantitative estimate of drug-likeness (QED) is 0.549. The van der Waals surface area contributed by atoms with E-state index in [2.05, 4.69) is 15.0 Å². The third-order valence-electron chi connectivity index (χ3n) is 2.76. The number of H-pyrrole nitrogens is 1. The van der Waals surface area contributed by atoms with Crippen molar-refractivity contribution in [2.45, 2.75) is 0 Å². The van der Waals surface area contributed by atoms with Crippen LogP contribution in [-0.4, -0.2) is 24.4 Å². The number of fused-ring (bicyclic) bond motifs is 1. The molecule has 0 saturated heterocycles. The summed E-state index contributed by atoms with van der Waals surface area (Å²) in [6.07, 6.45) is 1.44. The predicted molar refractivity (Wildman–Crippen MR) is 65.0 cm³/mol. The van der Waals surface area contributed by atoms with Crippen molar-refractivity contribution in [3.8, 4) is 11.5 Å². The lowest BCUT2D eigenvalue weighted by atomic mass is 10.3. The van der Waals surface area contributed by atoms with Gasteiger partial charge in [-0.1, -0.05) is 17.1 Å². The molecule has 0 saturated carbocycles. The second-order valence-electron chi connectivity index (χ2n) is 3.86. The average Bonchev–Trinajstić information content (AvgIpc) is 2.91. The van der Waals surface area contributed by atoms with Crippen molar-refractivity contribution in [2.75, 3.05) is 0 Å². The Morgan fingerprint density at radius 3 is 2.83 bits per heavy atom. The first-order chi connectivity index (χ1) is 8.66. The van der Waals surface area contributed by atoms with Gasteiger partial charge in [0.2, 0.25) is 0 Å². The van der Waals surface area contributed by atoms with Crippen LogP contribution in [0.5, 0.6) is 0 Å². The summed E-state index contributed by atoms with van der Waals surface area (Å²) in [5.41, 5.74) is 2.28. The van der Waals surface area contributed by atoms with Gasteiger partial charge in [0.05, 0.1) is 18.1 Å². The van der Waals surface area contributed by atoms with Crippen molar-refractivity contribution in [3.63, 3.8) is 0 Å². The van der Waals surface area contributed by atoms with Crippen molar-refractivity contribution in [2.24, 2.45) is 7.05 Å². The summed E-state index contributed by atoms with van der Waals surface area (Å²) < 4.78 is 1.40. The number of hydrogen-bond acceptors (Lipinski definition) is 4. The van der Waals surface area contributed by atoms with Crippen LogP contribution in [0.1, 0.15) is 0 Å². The lowest BCUT2D eigenvalue weighted by Crippen LogP contribution is -2.00. The first-order valence-electron chi connectivity index (χ1n) is 5.28. The lowest BCUT2D eigenvalue weighted by Gasteiger charge is -1.96. The van der Waals surface area contributed by atoms with Gasteiger partial charge in [-0.3, -0.25) is 0 Å². The first-order valence-corrected chi connectivity index (χ1v) is 5.28. The third-order valence-corrected chi connectivity index (χ3v) is 2.76. The second kappa shape index (κ2) is 3.66. The van der Waals surface area contributed by atoms with Crippen LogP contribution in [0, 0.1) is 10.1 Å². The fraction of sp³-hybridized carbons (Fsp3) is 0.0909. The largest absolute Gasteiger partial charge is 0.434 e. The summed E-state index contributed by atoms with van der Waals surface area (Å²) >= 11 is 0. The number of nitrogens with zero attached hydrogens (tertiary/aromatic N) is 4. The molecule has 3 aromatic rings. The standard InChI is InChI=1S/C11H9N5O2/c1-15-9(6-12-11(15)16(17)18)10-13-7-4-2-3-5-8(7)14-10/h2-6H,1H3,(H,13,14). The molecule has 90 valence electrons. The highest BCUT2D eigenvalue weighted by Crippen LogP contribution is 2.22. The molecule has 0 radical (unpaired) electrons. The number of aromatic nitrogens is 4. The van der Waals surface area contributed by atoms with Gasteiger partial charge < -0.3 is 15.1 Å². The Balaban J connectivity index is 2.17. The van der Waals surface area contributed by atoms with Crippen LogP contribution in [0.2, 0.25) is 0 Å². The molecule has 1 aromatic carbocycles. The van der Waals surface area contributed by atoms with E-state index < -0.39 is 4.92 Å². The number of para-hydroxylation sites is 2. The van der Waals surface area contributed by atoms with Gasteiger partial charge in [0, 0.05) is 0 Å². The molecule has 0 atom stereocenters. The molecule has 0 bridgehead atoms. The topological polar surface area (TPSA) is 89.6 Å². The number of imidazole rings is 2. The number of hydrogen-bond donors (Lipinski definition) is 1. The van der Waals surface area contributed by atoms with Crippen LogP contribution >= 0.6 is 0 Å². The maximum absolute atomic E-state index is 10.7. The minimum Gasteiger partial charge on any atom is -0.390 e. The van der Waals surface area contributed by atoms with E-state index in [4.69, 9.17) is 0 Å². The summed E-state index contributed by atoms with van der Waals surface area (Å²) in [5.74, 6) is 0.366. The van der Waals surface area contributed by atoms with Crippen molar-refractivity contribution in [3.05, 3.63) is 40.6 Å². The van der Waals surface area contributed by atoms with Gasteiger partial charge in [0.1, 0.15) is 6.20 Å². The van der Waals surface area contributed by atoms with E-state index in [1.165, 1.54) is 10.8 Å². The molecule has 0 aliphatic heterocycles. The Morgan fingerprint density at radius 2 is 2.17 bits per heavy atom. The Morgan fingerprint density at radius 1 is 1.39 bits per heavy atom. The molecule has 0 aliphatic carbocycles. The predicted octanol–water partition coefficient (Wildman–Crippen LogP) is 1.87. The number of rotatable bonds is 2. The molecular weight excluding hydrogens is 234 g/mol. The van der Waals surface area contributed by atoms with Crippen LogP contribution in [0.15, 0.2) is 30.5 Å². The van der Waals surface area contributed by atoms with Crippen LogP contribution in [0.25, 0.3) is 22.6 Å². The molecule has 3 rings (SSSR count). The van der Waals surface area contributed by atoms with Gasteiger partial charge in [0.25, 0.3) is 0 Å².